The van der Waals surface area contributed by atoms with E-state index in [-0.39, 0.29) is 130 Å². The van der Waals surface area contributed by atoms with E-state index in [1.165, 1.54) is 154 Å². The van der Waals surface area contributed by atoms with Gasteiger partial charge >= 0.3 is 53.7 Å². The van der Waals surface area contributed by atoms with Gasteiger partial charge in [-0.05, 0) is 397 Å². The van der Waals surface area contributed by atoms with E-state index < -0.39 is 17.9 Å². The molecule has 22 fully saturated rings. The first-order valence-electron chi connectivity index (χ1n) is 63.6. The minimum Gasteiger partial charge on any atom is -0.481 e. The number of carbonyl (C=O) groups excluding carboxylic acids is 6. The molecule has 17 aliphatic carbocycles. The fraction of sp³-hybridized carbons (Fsp3) is 0.930. The second kappa shape index (κ2) is 52.8. The van der Waals surface area contributed by atoms with E-state index in [0.29, 0.717) is 84.9 Å². The Morgan fingerprint density at radius 3 is 0.839 bits per heavy atom. The van der Waals surface area contributed by atoms with E-state index >= 15 is 0 Å². The van der Waals surface area contributed by atoms with E-state index in [1.54, 1.807) is 0 Å². The molecule has 0 aromatic heterocycles. The normalized spacial score (nSPS) is 44.0. The van der Waals surface area contributed by atoms with E-state index in [0.717, 1.165) is 265 Å². The minimum absolute atomic E-state index is 0.00842. The van der Waals surface area contributed by atoms with Crippen molar-refractivity contribution >= 4 is 53.7 Å². The molecule has 46 unspecified atom stereocenters. The van der Waals surface area contributed by atoms with Gasteiger partial charge in [0.2, 0.25) is 0 Å². The Hall–Kier alpha value is -4.85. The third-order valence-corrected chi connectivity index (χ3v) is 46.8. The molecule has 149 heavy (non-hydrogen) atoms. The second-order valence-corrected chi connectivity index (χ2v) is 53.9. The molecule has 850 valence electrons. The summed E-state index contributed by atoms with van der Waals surface area (Å²) in [5.41, 5.74) is -0.562. The van der Waals surface area contributed by atoms with Crippen molar-refractivity contribution in [2.45, 2.75) is 489 Å². The van der Waals surface area contributed by atoms with Crippen LogP contribution in [0.5, 0.6) is 0 Å². The Balaban J connectivity index is 0.000000133. The molecule has 0 spiro atoms. The zero-order chi connectivity index (χ0) is 108. The first kappa shape index (κ1) is 120. The molecule has 22 rings (SSSR count). The van der Waals surface area contributed by atoms with Crippen LogP contribution in [0.2, 0.25) is 0 Å². The Bertz CT molecular complexity index is 4140. The van der Waals surface area contributed by atoms with Gasteiger partial charge in [0.15, 0.2) is 0 Å². The summed E-state index contributed by atoms with van der Waals surface area (Å²) >= 11 is 0. The lowest BCUT2D eigenvalue weighted by atomic mass is 9.70. The van der Waals surface area contributed by atoms with E-state index in [2.05, 4.69) is 138 Å². The van der Waals surface area contributed by atoms with E-state index in [9.17, 15) is 53.4 Å². The molecule has 3 N–H and O–H groups in total. The molecule has 8 bridgehead atoms. The van der Waals surface area contributed by atoms with Crippen molar-refractivity contribution in [1.29, 1.82) is 0 Å². The predicted molar refractivity (Wildman–Crippen MR) is 584 cm³/mol. The summed E-state index contributed by atoms with van der Waals surface area (Å²) in [5, 5.41) is 27.6. The van der Waals surface area contributed by atoms with Gasteiger partial charge in [0.25, 0.3) is 0 Å². The van der Waals surface area contributed by atoms with Gasteiger partial charge in [0, 0.05) is 17.8 Å². The monoisotopic (exact) mass is 2080 g/mol. The average molecular weight is 2090 g/mol. The van der Waals surface area contributed by atoms with Gasteiger partial charge < -0.3 is 53.2 Å². The van der Waals surface area contributed by atoms with Crippen LogP contribution in [0.1, 0.15) is 448 Å². The molecule has 5 aliphatic heterocycles. The van der Waals surface area contributed by atoms with Gasteiger partial charge in [-0.1, -0.05) is 228 Å². The smallest absolute Gasteiger partial charge is 0.312 e. The SMILES string of the molecule is CCC1CC(CC)C(C(=O)O)C1.CCC1CC(CC)C(C(=O)OC2(CC)CCCC2)C1.CCC1CC(CC)C2C(=O)OCC12.CCC1CC(CC)C2C3CC(CC3C(=O)O)C12.CCC1CC(CC)C2C3CC(CC3C(=O)O)C12.CCC1CC(CC)C2C3CC(CC3C(=O)OC(C)(C)C)C12.CCC1CC(CC)C2C3CC(CC3C(=O)OC3(CC)CCCC3)C12.CCC1OC(CC)C2C(=O)OCC12.CCC1OC(CC)C2C(=O)OCC12. The molecule has 5 heterocycles. The maximum Gasteiger partial charge on any atom is 0.312 e. The van der Waals surface area contributed by atoms with E-state index in [4.69, 9.17) is 43.0 Å². The number of carboxylic acids is 3. The van der Waals surface area contributed by atoms with E-state index in [1.807, 2.05) is 20.8 Å². The number of carbonyl (C=O) groups is 9. The number of fused-ring (bicyclic) bond motifs is 23. The molecular formula is C129H214O20. The van der Waals surface area contributed by atoms with Crippen molar-refractivity contribution in [2.24, 2.45) is 249 Å². The Morgan fingerprint density at radius 1 is 0.268 bits per heavy atom. The molecule has 0 radical (unpaired) electrons. The Kier molecular flexibility index (Phi) is 42.4. The van der Waals surface area contributed by atoms with Crippen molar-refractivity contribution in [2.75, 3.05) is 19.8 Å². The van der Waals surface area contributed by atoms with Crippen LogP contribution < -0.4 is 0 Å². The highest BCUT2D eigenvalue weighted by atomic mass is 16.6. The van der Waals surface area contributed by atoms with Crippen molar-refractivity contribution in [3.63, 3.8) is 0 Å². The van der Waals surface area contributed by atoms with Crippen molar-refractivity contribution in [3.05, 3.63) is 0 Å². The van der Waals surface area contributed by atoms with Crippen LogP contribution in [-0.4, -0.2) is 130 Å². The van der Waals surface area contributed by atoms with Crippen LogP contribution in [0.15, 0.2) is 0 Å². The minimum atomic E-state index is -0.585. The Morgan fingerprint density at radius 2 is 0.544 bits per heavy atom. The summed E-state index contributed by atoms with van der Waals surface area (Å²) in [7, 11) is 0. The van der Waals surface area contributed by atoms with Crippen LogP contribution in [0.25, 0.3) is 0 Å². The molecular weight excluding hydrogens is 1870 g/mol. The zero-order valence-electron chi connectivity index (χ0n) is 97.8. The summed E-state index contributed by atoms with van der Waals surface area (Å²) < 4.78 is 44.8. The highest BCUT2D eigenvalue weighted by Crippen LogP contribution is 2.71. The van der Waals surface area contributed by atoms with Gasteiger partial charge in [-0.2, -0.15) is 0 Å². The standard InChI is InChI=1S/C22H36O2.C19H32O2.C17H30O2.2C15H24O2.C11H18O2.2C10H16O3.C10H18O2/c1-4-14-11-15(5-2)20-17-12-16(19(14)20)13-18(17)21(23)24-22(6-3)9-7-8-10-22;1-6-11-8-12(7-2)17-14-9-13(16(11)17)10-15(14)18(20)21-19(3,4)5;1-4-13-11-14(5-2)15(12-13)16(18)19-17(6-3)9-7-8-10-17;2*1-3-8-5-9(4-2)14-11-6-10(13(8)14)7-12(11)15(16)17;1-3-7-5-8(4-2)10-9(7)6-13-11(10)12;2*1-3-7-6-5-12-10(11)9(6)8(4-2)13-7;1-3-7-5-8(4-2)9(6-7)10(11)12/h14-20H,4-13H2,1-3H3;11-17H,6-10H2,1-5H3;13-15H,4-12H2,1-3H3;2*8-14H,3-7H2,1-2H3,(H,16,17);7-10H,3-6H2,1-2H3;2*6-9H,3-5H2,1-2H3;7-9H,3-6H2,1-2H3,(H,11,12). The number of ether oxygens (including phenoxy) is 8. The van der Waals surface area contributed by atoms with Crippen LogP contribution in [0.4, 0.5) is 0 Å². The average Bonchev–Trinajstić information content (AvgIpc) is 1.57. The van der Waals surface area contributed by atoms with Crippen LogP contribution >= 0.6 is 0 Å². The van der Waals surface area contributed by atoms with Crippen LogP contribution in [0, 0.1) is 249 Å². The quantitative estimate of drug-likeness (QED) is 0.0484. The molecule has 22 aliphatic rings. The highest BCUT2D eigenvalue weighted by molar-refractivity contribution is 5.78. The number of carboxylic acid groups (broad SMARTS) is 3. The molecule has 20 heteroatoms. The maximum atomic E-state index is 13.1. The van der Waals surface area contributed by atoms with Gasteiger partial charge in [0.1, 0.15) is 16.8 Å². The van der Waals surface area contributed by atoms with Gasteiger partial charge in [-0.15, -0.1) is 0 Å². The van der Waals surface area contributed by atoms with Gasteiger partial charge in [-0.25, -0.2) is 0 Å². The molecule has 46 atom stereocenters. The lowest BCUT2D eigenvalue weighted by molar-refractivity contribution is -0.168. The third-order valence-electron chi connectivity index (χ3n) is 46.8. The van der Waals surface area contributed by atoms with Crippen molar-refractivity contribution < 1.29 is 96.4 Å². The molecule has 5 saturated heterocycles. The summed E-state index contributed by atoms with van der Waals surface area (Å²) in [6, 6.07) is 0. The molecule has 0 amide bonds. The van der Waals surface area contributed by atoms with Crippen molar-refractivity contribution in [3.8, 4) is 0 Å². The Labute approximate surface area is 902 Å². The summed E-state index contributed by atoms with van der Waals surface area (Å²) in [6.07, 6.45) is 53.4. The number of aliphatic carboxylic acids is 3. The molecule has 17 saturated carbocycles. The largest absolute Gasteiger partial charge is 0.481 e. The molecule has 0 aromatic rings. The van der Waals surface area contributed by atoms with Crippen molar-refractivity contribution in [1.82, 2.24) is 0 Å². The second-order valence-electron chi connectivity index (χ2n) is 53.9. The van der Waals surface area contributed by atoms with Crippen LogP contribution in [0.3, 0.4) is 0 Å². The molecule has 20 nitrogen and oxygen atoms in total. The molecule has 0 aromatic carbocycles. The lowest BCUT2D eigenvalue weighted by Gasteiger charge is -2.37. The number of hydrogen-bond donors (Lipinski definition) is 3. The first-order chi connectivity index (χ1) is 71.5. The van der Waals surface area contributed by atoms with Crippen LogP contribution in [-0.2, 0) is 81.0 Å². The fourth-order valence-corrected chi connectivity index (χ4v) is 39.5. The van der Waals surface area contributed by atoms with Gasteiger partial charge in [0.05, 0.1) is 97.5 Å². The topological polar surface area (TPSA) is 288 Å². The summed E-state index contributed by atoms with van der Waals surface area (Å²) in [5.74, 6) is 23.7. The van der Waals surface area contributed by atoms with Gasteiger partial charge in [-0.3, -0.25) is 43.2 Å². The fourth-order valence-electron chi connectivity index (χ4n) is 39.5. The number of cyclic esters (lactones) is 3. The summed E-state index contributed by atoms with van der Waals surface area (Å²) in [4.78, 5) is 106. The predicted octanol–water partition coefficient (Wildman–Crippen LogP) is 29.3. The lowest BCUT2D eigenvalue weighted by Crippen LogP contribution is -2.39. The highest BCUT2D eigenvalue weighted by Gasteiger charge is 2.67. The maximum absolute atomic E-state index is 13.1. The first-order valence-corrected chi connectivity index (χ1v) is 63.6. The zero-order valence-corrected chi connectivity index (χ0v) is 97.8. The summed E-state index contributed by atoms with van der Waals surface area (Å²) in [6.45, 7) is 52.3. The number of hydrogen-bond acceptors (Lipinski definition) is 17. The number of esters is 6. The number of rotatable bonds is 28. The third kappa shape index (κ3) is 25.1.